The van der Waals surface area contributed by atoms with Gasteiger partial charge in [0, 0.05) is 52.4 Å². The van der Waals surface area contributed by atoms with Gasteiger partial charge < -0.3 is 165 Å². The summed E-state index contributed by atoms with van der Waals surface area (Å²) in [7, 11) is 0. The molecule has 2 aromatic heterocycles. The molecule has 9 fully saturated rings. The number of carbonyl (C=O) groups excluding carboxylic acids is 5. The van der Waals surface area contributed by atoms with Gasteiger partial charge in [0.05, 0.1) is 256 Å². The van der Waals surface area contributed by atoms with Crippen LogP contribution in [-0.4, -0.2) is 403 Å². The van der Waals surface area contributed by atoms with E-state index in [-0.39, 0.29) is 148 Å². The topological polar surface area (TPSA) is 516 Å². The van der Waals surface area contributed by atoms with Gasteiger partial charge in [-0.3, -0.25) is 24.2 Å². The molecule has 0 spiro atoms. The highest BCUT2D eigenvalue weighted by Crippen LogP contribution is 2.50. The van der Waals surface area contributed by atoms with Crippen molar-refractivity contribution in [1.82, 2.24) is 56.6 Å². The summed E-state index contributed by atoms with van der Waals surface area (Å²) in [6.07, 6.45) is 5.32. The number of benzene rings is 1. The number of rotatable bonds is 72. The predicted octanol–water partition coefficient (Wildman–Crippen LogP) is 1.56. The van der Waals surface area contributed by atoms with Crippen LogP contribution in [0.15, 0.2) is 52.8 Å². The molecular weight excluding hydrogens is 1820 g/mol. The highest BCUT2D eigenvalue weighted by Gasteiger charge is 2.68. The number of hydrogen-bond acceptors (Lipinski definition) is 40. The Labute approximate surface area is 804 Å². The Hall–Kier alpha value is -7.29. The first-order valence-electron chi connectivity index (χ1n) is 48.0. The standard InChI is InChI=1S/C91H146N14O33/c1-65(106)96-75-77-80(135-86(5,6)132-77)90(63-128-82(75)137-90)60-121-46-43-118-39-36-114-33-30-111-27-24-93-49-68(99-92)53-123-56-88(98-73(109)21-15-11-16-22-94-72(108)20-14-10-17-23-95-84(110)126-52-67-18-12-9-13-19-67,57-124-54-69-50-104(102-100-69)25-28-112-31-34-115-37-40-117-42-45-120-59-89-62-127-74(131-89)48-71-79(89)134-85(3,4)130-71)58-125-55-70-51-105(103-101-70)26-29-113-32-35-116-38-41-119-44-47-122-61-91-64-129-83(138-91)76(97-66(2)107)78-81(91)136-87(7,8)133-78/h9,12-13,18-19,49-51,71,74-83H,10-11,14-17,20-48,52-64,92H2,1-8H3,(H,94,108)(H,95,110)(H,96,106)(H,97,107)(H,98,109)/t71-,74+,75-,76-,77-,78-,79-,80-,81-,82+,83+,88?,89+,90+,91+/m1/s1. The van der Waals surface area contributed by atoms with Gasteiger partial charge in [0.15, 0.2) is 36.2 Å². The van der Waals surface area contributed by atoms with E-state index in [0.29, 0.717) is 220 Å². The van der Waals surface area contributed by atoms with Crippen molar-refractivity contribution in [3.05, 3.63) is 59.7 Å². The first-order valence-corrected chi connectivity index (χ1v) is 48.0. The van der Waals surface area contributed by atoms with Gasteiger partial charge in [-0.2, -0.15) is 5.10 Å². The van der Waals surface area contributed by atoms with Crippen molar-refractivity contribution in [2.24, 2.45) is 15.9 Å². The largest absolute Gasteiger partial charge is 0.445 e. The van der Waals surface area contributed by atoms with Crippen LogP contribution in [0.5, 0.6) is 0 Å². The third-order valence-electron chi connectivity index (χ3n) is 23.5. The number of alkyl carbamates (subject to hydrolysis) is 1. The zero-order chi connectivity index (χ0) is 97.4. The van der Waals surface area contributed by atoms with Crippen molar-refractivity contribution in [3.63, 3.8) is 0 Å². The summed E-state index contributed by atoms with van der Waals surface area (Å²) in [4.78, 5) is 67.8. The quantitative estimate of drug-likeness (QED) is 0.0202. The Kier molecular flexibility index (Phi) is 44.5. The van der Waals surface area contributed by atoms with Gasteiger partial charge >= 0.3 is 6.09 Å². The summed E-state index contributed by atoms with van der Waals surface area (Å²) in [5.74, 6) is 2.63. The number of ether oxygens (including phenoxy) is 28. The zero-order valence-electron chi connectivity index (χ0n) is 81.0. The Morgan fingerprint density at radius 2 is 0.906 bits per heavy atom. The van der Waals surface area contributed by atoms with Crippen molar-refractivity contribution in [2.75, 3.05) is 224 Å². The minimum Gasteiger partial charge on any atom is -0.445 e. The summed E-state index contributed by atoms with van der Waals surface area (Å²) < 4.78 is 172. The molecule has 0 radical (unpaired) electrons. The lowest BCUT2D eigenvalue weighted by Crippen LogP contribution is -2.65. The number of carbonyl (C=O) groups is 5. The van der Waals surface area contributed by atoms with Crippen molar-refractivity contribution >= 4 is 41.6 Å². The minimum absolute atomic E-state index is 0.0140. The lowest BCUT2D eigenvalue weighted by atomic mass is 9.88. The van der Waals surface area contributed by atoms with Gasteiger partial charge in [0.2, 0.25) is 23.6 Å². The zero-order valence-corrected chi connectivity index (χ0v) is 81.0. The molecule has 9 aliphatic rings. The van der Waals surface area contributed by atoms with Gasteiger partial charge in [0.1, 0.15) is 88.7 Å². The number of hydrazone groups is 1. The molecule has 11 heterocycles. The normalized spacial score (nSPS) is 26.6. The van der Waals surface area contributed by atoms with E-state index in [9.17, 15) is 24.0 Å². The fraction of sp³-hybridized carbons (Fsp3) is 0.813. The number of amides is 5. The van der Waals surface area contributed by atoms with E-state index >= 15 is 0 Å². The molecule has 778 valence electrons. The Morgan fingerprint density at radius 3 is 1.40 bits per heavy atom. The lowest BCUT2D eigenvalue weighted by Gasteiger charge is -2.42. The molecule has 6 bridgehead atoms. The monoisotopic (exact) mass is 1960 g/mol. The summed E-state index contributed by atoms with van der Waals surface area (Å²) in [6, 6.07) is 8.38. The molecule has 138 heavy (non-hydrogen) atoms. The highest BCUT2D eigenvalue weighted by molar-refractivity contribution is 6.31. The van der Waals surface area contributed by atoms with Crippen LogP contribution in [-0.2, 0) is 185 Å². The van der Waals surface area contributed by atoms with Crippen LogP contribution in [0.1, 0.15) is 130 Å². The van der Waals surface area contributed by atoms with E-state index in [1.165, 1.54) is 20.1 Å². The second-order valence-electron chi connectivity index (χ2n) is 36.5. The van der Waals surface area contributed by atoms with Crippen LogP contribution in [0.4, 0.5) is 4.79 Å². The lowest BCUT2D eigenvalue weighted by molar-refractivity contribution is -0.214. The van der Waals surface area contributed by atoms with E-state index in [1.54, 1.807) is 21.8 Å². The van der Waals surface area contributed by atoms with Gasteiger partial charge in [-0.1, -0.05) is 53.6 Å². The number of nitrogens with zero attached hydrogens (tertiary/aromatic N) is 8. The first kappa shape index (κ1) is 110. The minimum atomic E-state index is -1.35. The Balaban J connectivity index is 0.570. The molecule has 9 aliphatic heterocycles. The maximum absolute atomic E-state index is 14.3. The van der Waals surface area contributed by atoms with Crippen LogP contribution in [0.2, 0.25) is 0 Å². The molecule has 0 aliphatic carbocycles. The summed E-state index contributed by atoms with van der Waals surface area (Å²) >= 11 is 0. The number of aromatic nitrogens is 6. The summed E-state index contributed by atoms with van der Waals surface area (Å²) in [5.41, 5.74) is -1.68. The predicted molar refractivity (Wildman–Crippen MR) is 482 cm³/mol. The van der Waals surface area contributed by atoms with E-state index in [4.69, 9.17) is 138 Å². The van der Waals surface area contributed by atoms with E-state index < -0.39 is 94.9 Å². The number of unbranched alkanes of at least 4 members (excludes halogenated alkanes) is 4. The van der Waals surface area contributed by atoms with Crippen LogP contribution in [0.3, 0.4) is 0 Å². The molecule has 3 aromatic rings. The van der Waals surface area contributed by atoms with E-state index in [0.717, 1.165) is 12.0 Å². The first-order chi connectivity index (χ1) is 66.8. The molecule has 12 rings (SSSR count). The Bertz CT molecular complexity index is 4160. The summed E-state index contributed by atoms with van der Waals surface area (Å²) in [5, 5.41) is 36.0. The van der Waals surface area contributed by atoms with Crippen molar-refractivity contribution in [3.8, 4) is 0 Å². The van der Waals surface area contributed by atoms with Gasteiger partial charge in [-0.15, -0.1) is 10.2 Å². The number of aliphatic imine (C=N–C) groups is 1. The third kappa shape index (κ3) is 35.3. The second kappa shape index (κ2) is 56.1. The maximum atomic E-state index is 14.3. The molecule has 1 aromatic carbocycles. The van der Waals surface area contributed by atoms with Crippen molar-refractivity contribution in [1.29, 1.82) is 0 Å². The molecule has 47 nitrogen and oxygen atoms in total. The Morgan fingerprint density at radius 1 is 0.471 bits per heavy atom. The maximum Gasteiger partial charge on any atom is 0.407 e. The fourth-order valence-electron chi connectivity index (χ4n) is 17.2. The fourth-order valence-corrected chi connectivity index (χ4v) is 17.2. The molecule has 15 atom stereocenters. The number of nitrogens with two attached hydrogens (primary N) is 1. The van der Waals surface area contributed by atoms with Crippen LogP contribution in [0, 0.1) is 0 Å². The molecular formula is C91H146N14O33. The van der Waals surface area contributed by atoms with Crippen molar-refractivity contribution < 1.29 is 157 Å². The molecule has 47 heteroatoms. The smallest absolute Gasteiger partial charge is 0.407 e. The third-order valence-corrected chi connectivity index (χ3v) is 23.5. The highest BCUT2D eigenvalue weighted by atomic mass is 16.8. The van der Waals surface area contributed by atoms with Crippen LogP contribution < -0.4 is 32.4 Å². The van der Waals surface area contributed by atoms with Gasteiger partial charge in [0.25, 0.3) is 0 Å². The summed E-state index contributed by atoms with van der Waals surface area (Å²) in [6.45, 7) is 23.8. The van der Waals surface area contributed by atoms with Gasteiger partial charge in [-0.25, -0.2) is 14.2 Å². The van der Waals surface area contributed by atoms with Crippen LogP contribution in [0.25, 0.3) is 0 Å². The number of fused-ring (bicyclic) bond motifs is 12. The van der Waals surface area contributed by atoms with Crippen molar-refractivity contribution in [2.45, 2.75) is 253 Å². The molecule has 1 unspecified atom stereocenters. The molecule has 5 amide bonds. The average Bonchev–Trinajstić information content (AvgIpc) is 1.57. The van der Waals surface area contributed by atoms with E-state index in [1.807, 2.05) is 71.9 Å². The average molecular weight is 1960 g/mol. The second-order valence-corrected chi connectivity index (χ2v) is 36.5. The van der Waals surface area contributed by atoms with Crippen LogP contribution >= 0.6 is 0 Å². The van der Waals surface area contributed by atoms with Gasteiger partial charge in [-0.05, 0) is 72.8 Å². The molecule has 0 saturated carbocycles. The molecule has 7 N–H and O–H groups in total. The number of nitrogens with one attached hydrogen (secondary N) is 5. The molecule has 9 saturated heterocycles. The number of hydrogen-bond donors (Lipinski definition) is 6. The SMILES string of the molecule is CC(=O)N[C@H]1[C@H]2OC[C@](COCCOCCOCCOCCN=CC(COCC(COCc3cn(CCOCCOCCOCCOC[C@@]45CO[C@@H](O4)[C@H](NC(C)=O)[C@H]4OC(C)(C)O[C@H]45)nn3)(COCc3cn(CCOCCOCCOCCOC[C@]45CO[C@H](C[C@H]6OC(C)(C)O[C@H]64)O5)nn3)NC(=O)CCCCCNC(=O)CCCCCNC(=O)OCc3ccccc3)=NN)(O2)[C@@H]2OC(C)(C)O[C@H]12. The van der Waals surface area contributed by atoms with E-state index in [2.05, 4.69) is 57.3 Å².